The van der Waals surface area contributed by atoms with Gasteiger partial charge in [0.1, 0.15) is 5.75 Å². The van der Waals surface area contributed by atoms with Crippen molar-refractivity contribution in [2.45, 2.75) is 13.3 Å². The summed E-state index contributed by atoms with van der Waals surface area (Å²) in [5.41, 5.74) is 0.637. The Labute approximate surface area is 128 Å². The minimum atomic E-state index is -0.854. The van der Waals surface area contributed by atoms with Crippen LogP contribution in [0.3, 0.4) is 0 Å². The highest BCUT2D eigenvalue weighted by molar-refractivity contribution is 6.31. The van der Waals surface area contributed by atoms with Crippen LogP contribution < -0.4 is 4.74 Å². The average Bonchev–Trinajstić information content (AvgIpc) is 2.83. The molecule has 1 saturated heterocycles. The number of carboxylic acid groups (broad SMARTS) is 1. The molecule has 5 nitrogen and oxygen atoms in total. The standard InChI is InChI=1S/C15H18ClNO4/c1-9-7-17(8-11(9)15(19)20)14(18)6-10-12(16)4-3-5-13(10)21-2/h3-5,9,11H,6-8H2,1-2H3,(H,19,20)/t9-,11-/m1/s1. The lowest BCUT2D eigenvalue weighted by Gasteiger charge is -2.17. The highest BCUT2D eigenvalue weighted by Crippen LogP contribution is 2.29. The van der Waals surface area contributed by atoms with Gasteiger partial charge in [-0.15, -0.1) is 0 Å². The number of carbonyl (C=O) groups is 2. The predicted molar refractivity (Wildman–Crippen MR) is 78.6 cm³/mol. The van der Waals surface area contributed by atoms with Crippen molar-refractivity contribution in [2.24, 2.45) is 11.8 Å². The van der Waals surface area contributed by atoms with E-state index in [0.29, 0.717) is 22.9 Å². The highest BCUT2D eigenvalue weighted by atomic mass is 35.5. The van der Waals surface area contributed by atoms with Crippen molar-refractivity contribution in [3.63, 3.8) is 0 Å². The summed E-state index contributed by atoms with van der Waals surface area (Å²) in [4.78, 5) is 25.1. The van der Waals surface area contributed by atoms with Crippen molar-refractivity contribution >= 4 is 23.5 Å². The number of methoxy groups -OCH3 is 1. The van der Waals surface area contributed by atoms with Crippen molar-refractivity contribution in [3.8, 4) is 5.75 Å². The summed E-state index contributed by atoms with van der Waals surface area (Å²) in [5.74, 6) is -0.954. The molecule has 2 atom stereocenters. The summed E-state index contributed by atoms with van der Waals surface area (Å²) in [5, 5.41) is 9.60. The number of benzene rings is 1. The monoisotopic (exact) mass is 311 g/mol. The molecule has 0 spiro atoms. The molecule has 1 amide bonds. The van der Waals surface area contributed by atoms with Gasteiger partial charge in [-0.05, 0) is 18.1 Å². The number of halogens is 1. The molecule has 114 valence electrons. The van der Waals surface area contributed by atoms with E-state index in [9.17, 15) is 9.59 Å². The molecule has 0 bridgehead atoms. The summed E-state index contributed by atoms with van der Waals surface area (Å²) in [7, 11) is 1.53. The second kappa shape index (κ2) is 6.35. The Morgan fingerprint density at radius 1 is 1.43 bits per heavy atom. The number of aliphatic carboxylic acids is 1. The molecule has 0 aliphatic carbocycles. The van der Waals surface area contributed by atoms with E-state index in [-0.39, 0.29) is 24.8 Å². The van der Waals surface area contributed by atoms with Gasteiger partial charge in [0.2, 0.25) is 5.91 Å². The lowest BCUT2D eigenvalue weighted by atomic mass is 9.99. The Kier molecular flexibility index (Phi) is 4.73. The highest BCUT2D eigenvalue weighted by Gasteiger charge is 2.37. The molecule has 1 aromatic rings. The summed E-state index contributed by atoms with van der Waals surface area (Å²) < 4.78 is 5.22. The zero-order valence-electron chi connectivity index (χ0n) is 12.0. The van der Waals surface area contributed by atoms with Crippen LogP contribution in [0, 0.1) is 11.8 Å². The second-order valence-electron chi connectivity index (χ2n) is 5.32. The molecule has 0 radical (unpaired) electrons. The van der Waals surface area contributed by atoms with Crippen molar-refractivity contribution in [1.82, 2.24) is 4.90 Å². The first-order chi connectivity index (χ1) is 9.93. The molecule has 2 rings (SSSR count). The molecule has 1 heterocycles. The van der Waals surface area contributed by atoms with Gasteiger partial charge in [0.25, 0.3) is 0 Å². The Morgan fingerprint density at radius 3 is 2.71 bits per heavy atom. The second-order valence-corrected chi connectivity index (χ2v) is 5.73. The van der Waals surface area contributed by atoms with Gasteiger partial charge in [0, 0.05) is 23.7 Å². The third-order valence-electron chi connectivity index (χ3n) is 3.91. The van der Waals surface area contributed by atoms with Crippen LogP contribution in [0.15, 0.2) is 18.2 Å². The first-order valence-corrected chi connectivity index (χ1v) is 7.13. The lowest BCUT2D eigenvalue weighted by Crippen LogP contribution is -2.31. The van der Waals surface area contributed by atoms with Crippen molar-refractivity contribution in [2.75, 3.05) is 20.2 Å². The minimum absolute atomic E-state index is 0.0420. The Morgan fingerprint density at radius 2 is 2.14 bits per heavy atom. The molecular formula is C15H18ClNO4. The van der Waals surface area contributed by atoms with E-state index in [0.717, 1.165) is 0 Å². The Bertz CT molecular complexity index is 561. The first kappa shape index (κ1) is 15.6. The van der Waals surface area contributed by atoms with E-state index in [2.05, 4.69) is 0 Å². The van der Waals surface area contributed by atoms with E-state index < -0.39 is 11.9 Å². The molecule has 1 aliphatic heterocycles. The largest absolute Gasteiger partial charge is 0.496 e. The van der Waals surface area contributed by atoms with Crippen LogP contribution in [0.25, 0.3) is 0 Å². The van der Waals surface area contributed by atoms with Crippen LogP contribution in [0.5, 0.6) is 5.75 Å². The topological polar surface area (TPSA) is 66.8 Å². The SMILES string of the molecule is COc1cccc(Cl)c1CC(=O)N1C[C@@H](C)[C@H](C(=O)O)C1. The van der Waals surface area contributed by atoms with Gasteiger partial charge in [-0.2, -0.15) is 0 Å². The Hall–Kier alpha value is -1.75. The van der Waals surface area contributed by atoms with Gasteiger partial charge in [0.15, 0.2) is 0 Å². The maximum atomic E-state index is 12.4. The van der Waals surface area contributed by atoms with Gasteiger partial charge in [-0.3, -0.25) is 9.59 Å². The molecule has 1 aliphatic rings. The molecule has 21 heavy (non-hydrogen) atoms. The number of likely N-dealkylation sites (tertiary alicyclic amines) is 1. The smallest absolute Gasteiger partial charge is 0.308 e. The molecule has 1 fully saturated rings. The minimum Gasteiger partial charge on any atom is -0.496 e. The van der Waals surface area contributed by atoms with E-state index >= 15 is 0 Å². The number of rotatable bonds is 4. The number of nitrogens with zero attached hydrogens (tertiary/aromatic N) is 1. The molecule has 6 heteroatoms. The fourth-order valence-corrected chi connectivity index (χ4v) is 2.89. The van der Waals surface area contributed by atoms with Gasteiger partial charge in [-0.1, -0.05) is 24.6 Å². The number of ether oxygens (including phenoxy) is 1. The van der Waals surface area contributed by atoms with Gasteiger partial charge < -0.3 is 14.7 Å². The summed E-state index contributed by atoms with van der Waals surface area (Å²) in [6, 6.07) is 5.22. The first-order valence-electron chi connectivity index (χ1n) is 6.76. The maximum absolute atomic E-state index is 12.4. The van der Waals surface area contributed by atoms with Gasteiger partial charge >= 0.3 is 5.97 Å². The molecule has 1 aromatic carbocycles. The number of amides is 1. The fraction of sp³-hybridized carbons (Fsp3) is 0.467. The van der Waals surface area contributed by atoms with Crippen LogP contribution >= 0.6 is 11.6 Å². The summed E-state index contributed by atoms with van der Waals surface area (Å²) in [6.07, 6.45) is 0.113. The normalized spacial score (nSPS) is 21.4. The third-order valence-corrected chi connectivity index (χ3v) is 4.26. The molecular weight excluding hydrogens is 294 g/mol. The average molecular weight is 312 g/mol. The number of carboxylic acids is 1. The quantitative estimate of drug-likeness (QED) is 0.924. The number of hydrogen-bond donors (Lipinski definition) is 1. The molecule has 1 N–H and O–H groups in total. The number of carbonyl (C=O) groups excluding carboxylic acids is 1. The van der Waals surface area contributed by atoms with E-state index in [1.165, 1.54) is 7.11 Å². The third kappa shape index (κ3) is 3.29. The van der Waals surface area contributed by atoms with Crippen molar-refractivity contribution in [1.29, 1.82) is 0 Å². The van der Waals surface area contributed by atoms with E-state index in [4.69, 9.17) is 21.4 Å². The van der Waals surface area contributed by atoms with E-state index in [1.54, 1.807) is 23.1 Å². The van der Waals surface area contributed by atoms with Crippen LogP contribution in [-0.4, -0.2) is 42.1 Å². The van der Waals surface area contributed by atoms with Crippen LogP contribution in [0.2, 0.25) is 5.02 Å². The number of hydrogen-bond acceptors (Lipinski definition) is 3. The zero-order valence-corrected chi connectivity index (χ0v) is 12.8. The van der Waals surface area contributed by atoms with Crippen molar-refractivity contribution < 1.29 is 19.4 Å². The molecule has 0 unspecified atom stereocenters. The predicted octanol–water partition coefficient (Wildman–Crippen LogP) is 2.07. The zero-order chi connectivity index (χ0) is 15.6. The summed E-state index contributed by atoms with van der Waals surface area (Å²) >= 11 is 6.12. The maximum Gasteiger partial charge on any atom is 0.308 e. The van der Waals surface area contributed by atoms with Crippen molar-refractivity contribution in [3.05, 3.63) is 28.8 Å². The van der Waals surface area contributed by atoms with Crippen LogP contribution in [-0.2, 0) is 16.0 Å². The molecule has 0 saturated carbocycles. The van der Waals surface area contributed by atoms with E-state index in [1.807, 2.05) is 6.92 Å². The summed E-state index contributed by atoms with van der Waals surface area (Å²) in [6.45, 7) is 2.56. The van der Waals surface area contributed by atoms with Gasteiger partial charge in [0.05, 0.1) is 19.4 Å². The Balaban J connectivity index is 2.11. The van der Waals surface area contributed by atoms with Crippen LogP contribution in [0.1, 0.15) is 12.5 Å². The van der Waals surface area contributed by atoms with Gasteiger partial charge in [-0.25, -0.2) is 0 Å². The fourth-order valence-electron chi connectivity index (χ4n) is 2.66. The lowest BCUT2D eigenvalue weighted by molar-refractivity contribution is -0.142. The van der Waals surface area contributed by atoms with Crippen LogP contribution in [0.4, 0.5) is 0 Å². The molecule has 0 aromatic heterocycles.